The van der Waals surface area contributed by atoms with Gasteiger partial charge in [0.1, 0.15) is 0 Å². The highest BCUT2D eigenvalue weighted by molar-refractivity contribution is 7.89. The average molecular weight is 387 g/mol. The van der Waals surface area contributed by atoms with Crippen LogP contribution in [0.1, 0.15) is 49.4 Å². The number of carbonyl (C=O) groups is 1. The lowest BCUT2D eigenvalue weighted by Gasteiger charge is -2.20. The molecule has 1 heterocycles. The quantitative estimate of drug-likeness (QED) is 0.823. The summed E-state index contributed by atoms with van der Waals surface area (Å²) in [4.78, 5) is 14.0. The van der Waals surface area contributed by atoms with Gasteiger partial charge in [-0.05, 0) is 54.7 Å². The van der Waals surface area contributed by atoms with E-state index in [1.165, 1.54) is 0 Å². The van der Waals surface area contributed by atoms with Crippen LogP contribution >= 0.6 is 0 Å². The summed E-state index contributed by atoms with van der Waals surface area (Å²) in [6.07, 6.45) is 1.78. The predicted octanol–water partition coefficient (Wildman–Crippen LogP) is 3.72. The number of nitrogens with zero attached hydrogens (tertiary/aromatic N) is 1. The van der Waals surface area contributed by atoms with Gasteiger partial charge in [0.15, 0.2) is 0 Å². The minimum absolute atomic E-state index is 0.0630. The van der Waals surface area contributed by atoms with Gasteiger partial charge in [-0.15, -0.1) is 0 Å². The lowest BCUT2D eigenvalue weighted by Crippen LogP contribution is -2.29. The van der Waals surface area contributed by atoms with Crippen LogP contribution in [0.3, 0.4) is 0 Å². The number of sulfonamides is 1. The molecule has 1 N–H and O–H groups in total. The minimum Gasteiger partial charge on any atom is -0.312 e. The van der Waals surface area contributed by atoms with Crippen molar-refractivity contribution in [2.24, 2.45) is 0 Å². The van der Waals surface area contributed by atoms with E-state index in [2.05, 4.69) is 4.72 Å². The second kappa shape index (κ2) is 7.82. The number of benzene rings is 2. The third-order valence-electron chi connectivity index (χ3n) is 5.13. The molecule has 0 fully saturated rings. The summed E-state index contributed by atoms with van der Waals surface area (Å²) in [7, 11) is -3.65. The molecule has 27 heavy (non-hydrogen) atoms. The molecule has 0 saturated heterocycles. The summed E-state index contributed by atoms with van der Waals surface area (Å²) in [6, 6.07) is 12.6. The van der Waals surface area contributed by atoms with Crippen LogP contribution in [0.4, 0.5) is 5.69 Å². The van der Waals surface area contributed by atoms with Crippen molar-refractivity contribution in [3.05, 3.63) is 59.2 Å². The fourth-order valence-corrected chi connectivity index (χ4v) is 4.94. The van der Waals surface area contributed by atoms with E-state index < -0.39 is 10.0 Å². The van der Waals surface area contributed by atoms with Crippen molar-refractivity contribution in [3.8, 4) is 0 Å². The Labute approximate surface area is 161 Å². The Morgan fingerprint density at radius 3 is 2.59 bits per heavy atom. The van der Waals surface area contributed by atoms with Crippen molar-refractivity contribution in [1.29, 1.82) is 0 Å². The minimum atomic E-state index is -3.65. The fourth-order valence-electron chi connectivity index (χ4n) is 3.60. The summed E-state index contributed by atoms with van der Waals surface area (Å²) in [5.41, 5.74) is 3.79. The normalized spacial score (nSPS) is 14.9. The van der Waals surface area contributed by atoms with Crippen LogP contribution in [0.15, 0.2) is 47.4 Å². The highest BCUT2D eigenvalue weighted by Gasteiger charge is 2.27. The second-order valence-electron chi connectivity index (χ2n) is 6.88. The van der Waals surface area contributed by atoms with Crippen LogP contribution < -0.4 is 9.62 Å². The van der Waals surface area contributed by atoms with E-state index in [0.717, 1.165) is 22.4 Å². The van der Waals surface area contributed by atoms with Crippen LogP contribution in [0.2, 0.25) is 0 Å². The van der Waals surface area contributed by atoms with Crippen LogP contribution in [-0.2, 0) is 21.2 Å². The van der Waals surface area contributed by atoms with Gasteiger partial charge >= 0.3 is 0 Å². The maximum Gasteiger partial charge on any atom is 0.241 e. The molecule has 3 rings (SSSR count). The molecule has 1 amide bonds. The number of aryl methyl sites for hydroxylation is 1. The van der Waals surface area contributed by atoms with E-state index in [9.17, 15) is 13.2 Å². The molecule has 2 aromatic carbocycles. The lowest BCUT2D eigenvalue weighted by molar-refractivity contribution is -0.118. The van der Waals surface area contributed by atoms with Gasteiger partial charge < -0.3 is 4.90 Å². The number of rotatable bonds is 6. The van der Waals surface area contributed by atoms with Gasteiger partial charge in [-0.2, -0.15) is 0 Å². The van der Waals surface area contributed by atoms with Gasteiger partial charge in [-0.25, -0.2) is 13.1 Å². The predicted molar refractivity (Wildman–Crippen MR) is 107 cm³/mol. The van der Waals surface area contributed by atoms with Crippen molar-refractivity contribution in [2.45, 2.75) is 51.0 Å². The van der Waals surface area contributed by atoms with E-state index in [1.807, 2.05) is 45.0 Å². The maximum absolute atomic E-state index is 13.0. The van der Waals surface area contributed by atoms with E-state index >= 15 is 0 Å². The largest absolute Gasteiger partial charge is 0.312 e. The van der Waals surface area contributed by atoms with Gasteiger partial charge in [0.05, 0.1) is 4.90 Å². The Balaban J connectivity index is 1.88. The summed E-state index contributed by atoms with van der Waals surface area (Å²) < 4.78 is 28.8. The molecule has 0 aromatic heterocycles. The zero-order valence-corrected chi connectivity index (χ0v) is 16.8. The monoisotopic (exact) mass is 386 g/mol. The van der Waals surface area contributed by atoms with Gasteiger partial charge in [-0.3, -0.25) is 4.79 Å². The van der Waals surface area contributed by atoms with Crippen LogP contribution in [0.25, 0.3) is 0 Å². The Hall–Kier alpha value is -2.18. The maximum atomic E-state index is 13.0. The first-order chi connectivity index (χ1) is 12.9. The molecule has 1 aliphatic heterocycles. The van der Waals surface area contributed by atoms with Gasteiger partial charge in [-0.1, -0.05) is 38.1 Å². The van der Waals surface area contributed by atoms with Crippen molar-refractivity contribution in [3.63, 3.8) is 0 Å². The summed E-state index contributed by atoms with van der Waals surface area (Å²) >= 11 is 0. The molecule has 2 aromatic rings. The molecule has 1 aliphatic rings. The number of hydrogen-bond donors (Lipinski definition) is 1. The summed E-state index contributed by atoms with van der Waals surface area (Å²) in [5.74, 6) is 0.0630. The Morgan fingerprint density at radius 1 is 1.19 bits per heavy atom. The Bertz CT molecular complexity index is 954. The molecule has 144 valence electrons. The van der Waals surface area contributed by atoms with Crippen molar-refractivity contribution < 1.29 is 13.2 Å². The summed E-state index contributed by atoms with van der Waals surface area (Å²) in [5, 5.41) is 0. The summed E-state index contributed by atoms with van der Waals surface area (Å²) in [6.45, 7) is 6.40. The standard InChI is InChI=1S/C21H26N2O3S/c1-4-19(18-9-7-6-8-15(18)3)22-27(25,26)17-10-11-20-16(14-17)12-13-23(20)21(24)5-2/h6-11,14,19,22H,4-5,12-13H2,1-3H3/t19-/m0/s1. The molecule has 0 saturated carbocycles. The van der Waals surface area contributed by atoms with Crippen molar-refractivity contribution >= 4 is 21.6 Å². The molecule has 0 unspecified atom stereocenters. The van der Waals surface area contributed by atoms with Gasteiger partial charge in [0.25, 0.3) is 0 Å². The van der Waals surface area contributed by atoms with Gasteiger partial charge in [0, 0.05) is 24.7 Å². The molecule has 0 spiro atoms. The molecule has 0 bridgehead atoms. The molecule has 0 radical (unpaired) electrons. The first-order valence-electron chi connectivity index (χ1n) is 9.38. The third kappa shape index (κ3) is 3.92. The zero-order valence-electron chi connectivity index (χ0n) is 16.0. The fraction of sp³-hybridized carbons (Fsp3) is 0.381. The smallest absolute Gasteiger partial charge is 0.241 e. The van der Waals surface area contributed by atoms with Crippen LogP contribution in [0, 0.1) is 6.92 Å². The van der Waals surface area contributed by atoms with E-state index in [0.29, 0.717) is 25.8 Å². The molecule has 6 heteroatoms. The number of hydrogen-bond acceptors (Lipinski definition) is 3. The topological polar surface area (TPSA) is 66.5 Å². The zero-order chi connectivity index (χ0) is 19.6. The number of anilines is 1. The molecule has 5 nitrogen and oxygen atoms in total. The van der Waals surface area contributed by atoms with Crippen molar-refractivity contribution in [1.82, 2.24) is 4.72 Å². The Kier molecular flexibility index (Phi) is 5.67. The first-order valence-corrected chi connectivity index (χ1v) is 10.9. The van der Waals surface area contributed by atoms with Gasteiger partial charge in [0.2, 0.25) is 15.9 Å². The number of fused-ring (bicyclic) bond motifs is 1. The van der Waals surface area contributed by atoms with E-state index in [1.54, 1.807) is 23.1 Å². The second-order valence-corrected chi connectivity index (χ2v) is 8.59. The number of amides is 1. The molecular weight excluding hydrogens is 360 g/mol. The molecular formula is C21H26N2O3S. The Morgan fingerprint density at radius 2 is 1.93 bits per heavy atom. The third-order valence-corrected chi connectivity index (χ3v) is 6.60. The SMILES string of the molecule is CCC(=O)N1CCc2cc(S(=O)(=O)N[C@@H](CC)c3ccccc3C)ccc21. The van der Waals surface area contributed by atoms with Crippen LogP contribution in [0.5, 0.6) is 0 Å². The van der Waals surface area contributed by atoms with E-state index in [4.69, 9.17) is 0 Å². The number of carbonyl (C=O) groups excluding carboxylic acids is 1. The first kappa shape index (κ1) is 19.6. The highest BCUT2D eigenvalue weighted by Crippen LogP contribution is 2.31. The number of nitrogens with one attached hydrogen (secondary N) is 1. The lowest BCUT2D eigenvalue weighted by atomic mass is 10.0. The molecule has 1 atom stereocenters. The van der Waals surface area contributed by atoms with E-state index in [-0.39, 0.29) is 16.8 Å². The average Bonchev–Trinajstić information content (AvgIpc) is 3.09. The van der Waals surface area contributed by atoms with Crippen molar-refractivity contribution in [2.75, 3.05) is 11.4 Å². The molecule has 0 aliphatic carbocycles. The highest BCUT2D eigenvalue weighted by atomic mass is 32.2. The van der Waals surface area contributed by atoms with Crippen LogP contribution in [-0.4, -0.2) is 20.9 Å².